The highest BCUT2D eigenvalue weighted by atomic mass is 35.5. The molecule has 0 aliphatic heterocycles. The van der Waals surface area contributed by atoms with Crippen molar-refractivity contribution in [2.24, 2.45) is 0 Å². The number of hydrogen-bond donors (Lipinski definition) is 0. The number of hydrogen-bond acceptors (Lipinski definition) is 3. The van der Waals surface area contributed by atoms with Gasteiger partial charge in [0.15, 0.2) is 5.15 Å². The lowest BCUT2D eigenvalue weighted by atomic mass is 10.3. The van der Waals surface area contributed by atoms with E-state index in [9.17, 15) is 13.2 Å². The van der Waals surface area contributed by atoms with E-state index < -0.39 is 12.6 Å². The highest BCUT2D eigenvalue weighted by Crippen LogP contribution is 2.21. The molecule has 0 N–H and O–H groups in total. The third-order valence-electron chi connectivity index (χ3n) is 1.46. The molecule has 0 fully saturated rings. The van der Waals surface area contributed by atoms with Gasteiger partial charge in [0.2, 0.25) is 5.88 Å². The van der Waals surface area contributed by atoms with Crippen molar-refractivity contribution in [3.8, 4) is 5.88 Å². The van der Waals surface area contributed by atoms with Crippen molar-refractivity contribution in [3.05, 3.63) is 17.3 Å². The van der Waals surface area contributed by atoms with Crippen molar-refractivity contribution in [1.29, 1.82) is 0 Å². The molecule has 1 aromatic rings. The van der Waals surface area contributed by atoms with Crippen molar-refractivity contribution in [2.45, 2.75) is 19.0 Å². The minimum atomic E-state index is -4.14. The van der Waals surface area contributed by atoms with Crippen LogP contribution in [0.15, 0.2) is 12.1 Å². The Morgan fingerprint density at radius 1 is 1.27 bits per heavy atom. The van der Waals surface area contributed by atoms with Crippen LogP contribution in [-0.4, -0.2) is 23.0 Å². The van der Waals surface area contributed by atoms with Gasteiger partial charge in [0.1, 0.15) is 0 Å². The molecule has 0 atom stereocenters. The molecule has 7 heteroatoms. The standard InChI is InChI=1S/C8H8ClF3N2O/c9-6-2-3-7(14-13-6)15-5-1-4-8(10,11)12/h2-3H,1,4-5H2. The molecule has 0 aromatic carbocycles. The largest absolute Gasteiger partial charge is 0.477 e. The first-order valence-electron chi connectivity index (χ1n) is 4.16. The highest BCUT2D eigenvalue weighted by Gasteiger charge is 2.26. The normalized spacial score (nSPS) is 11.5. The molecule has 0 amide bonds. The van der Waals surface area contributed by atoms with Gasteiger partial charge in [-0.3, -0.25) is 0 Å². The van der Waals surface area contributed by atoms with E-state index in [2.05, 4.69) is 10.2 Å². The summed E-state index contributed by atoms with van der Waals surface area (Å²) in [5.74, 6) is 0.168. The van der Waals surface area contributed by atoms with Gasteiger partial charge in [0, 0.05) is 12.5 Å². The molecular weight excluding hydrogens is 233 g/mol. The van der Waals surface area contributed by atoms with Crippen LogP contribution in [0, 0.1) is 0 Å². The van der Waals surface area contributed by atoms with Gasteiger partial charge in [-0.25, -0.2) is 0 Å². The zero-order valence-corrected chi connectivity index (χ0v) is 8.35. The lowest BCUT2D eigenvalue weighted by molar-refractivity contribution is -0.136. The molecule has 0 saturated heterocycles. The van der Waals surface area contributed by atoms with Crippen LogP contribution in [0.25, 0.3) is 0 Å². The Morgan fingerprint density at radius 3 is 2.53 bits per heavy atom. The number of nitrogens with zero attached hydrogens (tertiary/aromatic N) is 2. The smallest absolute Gasteiger partial charge is 0.389 e. The van der Waals surface area contributed by atoms with Gasteiger partial charge >= 0.3 is 6.18 Å². The fourth-order valence-electron chi connectivity index (χ4n) is 0.830. The molecule has 0 saturated carbocycles. The second kappa shape index (κ2) is 5.16. The summed E-state index contributed by atoms with van der Waals surface area (Å²) in [6.45, 7) is -0.0458. The summed E-state index contributed by atoms with van der Waals surface area (Å²) in [6.07, 6.45) is -5.11. The van der Waals surface area contributed by atoms with E-state index in [1.165, 1.54) is 12.1 Å². The predicted molar refractivity (Wildman–Crippen MR) is 47.8 cm³/mol. The number of ether oxygens (including phenoxy) is 1. The van der Waals surface area contributed by atoms with E-state index in [-0.39, 0.29) is 24.1 Å². The van der Waals surface area contributed by atoms with Gasteiger partial charge in [-0.15, -0.1) is 10.2 Å². The van der Waals surface area contributed by atoms with Crippen LogP contribution in [-0.2, 0) is 0 Å². The molecule has 0 radical (unpaired) electrons. The van der Waals surface area contributed by atoms with Crippen molar-refractivity contribution >= 4 is 11.6 Å². The van der Waals surface area contributed by atoms with Crippen LogP contribution in [0.5, 0.6) is 5.88 Å². The highest BCUT2D eigenvalue weighted by molar-refractivity contribution is 6.29. The Bertz CT molecular complexity index is 302. The van der Waals surface area contributed by atoms with Gasteiger partial charge in [-0.05, 0) is 12.5 Å². The Hall–Kier alpha value is -1.04. The Labute approximate surface area is 89.2 Å². The lowest BCUT2D eigenvalue weighted by Gasteiger charge is -2.06. The van der Waals surface area contributed by atoms with E-state index in [1.54, 1.807) is 0 Å². The molecule has 84 valence electrons. The molecule has 0 aliphatic rings. The van der Waals surface area contributed by atoms with Crippen molar-refractivity contribution in [2.75, 3.05) is 6.61 Å². The summed E-state index contributed by atoms with van der Waals surface area (Å²) < 4.78 is 40.1. The molecule has 1 heterocycles. The molecular formula is C8H8ClF3N2O. The first-order valence-corrected chi connectivity index (χ1v) is 4.54. The minimum absolute atomic E-state index is 0.0458. The fraction of sp³-hybridized carbons (Fsp3) is 0.500. The minimum Gasteiger partial charge on any atom is -0.477 e. The van der Waals surface area contributed by atoms with Crippen LogP contribution in [0.4, 0.5) is 13.2 Å². The molecule has 0 unspecified atom stereocenters. The van der Waals surface area contributed by atoms with Crippen LogP contribution in [0.3, 0.4) is 0 Å². The van der Waals surface area contributed by atoms with Gasteiger partial charge in [0.05, 0.1) is 6.61 Å². The van der Waals surface area contributed by atoms with Gasteiger partial charge in [-0.2, -0.15) is 13.2 Å². The van der Waals surface area contributed by atoms with Gasteiger partial charge in [0.25, 0.3) is 0 Å². The zero-order valence-electron chi connectivity index (χ0n) is 7.59. The lowest BCUT2D eigenvalue weighted by Crippen LogP contribution is -2.10. The van der Waals surface area contributed by atoms with Crippen molar-refractivity contribution in [3.63, 3.8) is 0 Å². The van der Waals surface area contributed by atoms with Gasteiger partial charge in [-0.1, -0.05) is 11.6 Å². The zero-order chi connectivity index (χ0) is 11.3. The summed E-state index contributed by atoms with van der Waals surface area (Å²) in [4.78, 5) is 0. The summed E-state index contributed by atoms with van der Waals surface area (Å²) in [6, 6.07) is 2.90. The predicted octanol–water partition coefficient (Wildman–Crippen LogP) is 2.85. The van der Waals surface area contributed by atoms with E-state index in [0.717, 1.165) is 0 Å². The first-order chi connectivity index (χ1) is 6.97. The SMILES string of the molecule is FC(F)(F)CCCOc1ccc(Cl)nn1. The maximum atomic E-state index is 11.7. The van der Waals surface area contributed by atoms with E-state index >= 15 is 0 Å². The summed E-state index contributed by atoms with van der Waals surface area (Å²) in [5, 5.41) is 7.21. The van der Waals surface area contributed by atoms with Crippen LogP contribution >= 0.6 is 11.6 Å². The van der Waals surface area contributed by atoms with E-state index in [1.807, 2.05) is 0 Å². The van der Waals surface area contributed by atoms with Crippen LogP contribution in [0.2, 0.25) is 5.15 Å². The molecule has 1 aromatic heterocycles. The van der Waals surface area contributed by atoms with E-state index in [0.29, 0.717) is 0 Å². The first kappa shape index (κ1) is 12.0. The molecule has 0 bridgehead atoms. The third kappa shape index (κ3) is 5.41. The van der Waals surface area contributed by atoms with Crippen molar-refractivity contribution in [1.82, 2.24) is 10.2 Å². The fourth-order valence-corrected chi connectivity index (χ4v) is 0.931. The van der Waals surface area contributed by atoms with Gasteiger partial charge < -0.3 is 4.74 Å². The Morgan fingerprint density at radius 2 is 2.00 bits per heavy atom. The maximum Gasteiger partial charge on any atom is 0.389 e. The number of aromatic nitrogens is 2. The van der Waals surface area contributed by atoms with E-state index in [4.69, 9.17) is 16.3 Å². The second-order valence-corrected chi connectivity index (χ2v) is 3.15. The molecule has 1 rings (SSSR count). The quantitative estimate of drug-likeness (QED) is 0.759. The molecule has 15 heavy (non-hydrogen) atoms. The summed E-state index contributed by atoms with van der Waals surface area (Å²) in [7, 11) is 0. The summed E-state index contributed by atoms with van der Waals surface area (Å²) in [5.41, 5.74) is 0. The second-order valence-electron chi connectivity index (χ2n) is 2.76. The topological polar surface area (TPSA) is 35.0 Å². The average Bonchev–Trinajstić information content (AvgIpc) is 2.14. The Balaban J connectivity index is 2.23. The third-order valence-corrected chi connectivity index (χ3v) is 1.66. The van der Waals surface area contributed by atoms with Crippen LogP contribution in [0.1, 0.15) is 12.8 Å². The molecule has 0 aliphatic carbocycles. The number of halogens is 4. The molecule has 3 nitrogen and oxygen atoms in total. The van der Waals surface area contributed by atoms with Crippen LogP contribution < -0.4 is 4.74 Å². The monoisotopic (exact) mass is 240 g/mol. The average molecular weight is 241 g/mol. The maximum absolute atomic E-state index is 11.7. The van der Waals surface area contributed by atoms with Crippen molar-refractivity contribution < 1.29 is 17.9 Å². The summed E-state index contributed by atoms with van der Waals surface area (Å²) >= 11 is 5.45. The number of alkyl halides is 3. The Kier molecular flexibility index (Phi) is 4.14. The molecule has 0 spiro atoms. The number of rotatable bonds is 4.